The molecule has 2 aliphatic rings. The number of hydrogen-bond donors (Lipinski definition) is 1. The molecular weight excluding hydrogens is 372 g/mol. The molecular formula is C21H18N4O4. The predicted molar refractivity (Wildman–Crippen MR) is 107 cm³/mol. The summed E-state index contributed by atoms with van der Waals surface area (Å²) < 4.78 is 12.6. The van der Waals surface area contributed by atoms with Gasteiger partial charge in [-0.05, 0) is 30.3 Å². The van der Waals surface area contributed by atoms with Crippen LogP contribution < -0.4 is 14.8 Å². The van der Waals surface area contributed by atoms with Crippen molar-refractivity contribution in [2.45, 2.75) is 12.3 Å². The summed E-state index contributed by atoms with van der Waals surface area (Å²) in [5, 5.41) is 2.88. The second kappa shape index (κ2) is 6.44. The molecule has 3 heterocycles. The molecule has 2 atom stereocenters. The Morgan fingerprint density at radius 1 is 1.10 bits per heavy atom. The first-order chi connectivity index (χ1) is 14.1. The number of anilines is 1. The van der Waals surface area contributed by atoms with Gasteiger partial charge in [0, 0.05) is 17.9 Å². The van der Waals surface area contributed by atoms with Crippen molar-refractivity contribution >= 4 is 34.6 Å². The lowest BCUT2D eigenvalue weighted by Crippen LogP contribution is -2.46. The van der Waals surface area contributed by atoms with Crippen LogP contribution in [0.2, 0.25) is 0 Å². The van der Waals surface area contributed by atoms with E-state index in [0.717, 1.165) is 16.6 Å². The van der Waals surface area contributed by atoms with Crippen LogP contribution >= 0.6 is 0 Å². The van der Waals surface area contributed by atoms with E-state index in [2.05, 4.69) is 15.3 Å². The summed E-state index contributed by atoms with van der Waals surface area (Å²) >= 11 is 0. The molecule has 0 spiro atoms. The van der Waals surface area contributed by atoms with Gasteiger partial charge >= 0.3 is 0 Å². The first-order valence-corrected chi connectivity index (χ1v) is 9.22. The summed E-state index contributed by atoms with van der Waals surface area (Å²) in [4.78, 5) is 34.4. The van der Waals surface area contributed by atoms with Crippen LogP contribution in [0.3, 0.4) is 0 Å². The molecule has 1 aromatic heterocycles. The van der Waals surface area contributed by atoms with Crippen molar-refractivity contribution in [3.8, 4) is 11.5 Å². The van der Waals surface area contributed by atoms with Crippen molar-refractivity contribution in [2.24, 2.45) is 10.9 Å². The fraction of sp³-hybridized carbons (Fsp3) is 0.238. The largest absolute Gasteiger partial charge is 0.497 e. The number of fused-ring (bicyclic) bond motifs is 5. The van der Waals surface area contributed by atoms with Crippen LogP contribution in [0.25, 0.3) is 11.0 Å². The number of methoxy groups -OCH3 is 2. The lowest BCUT2D eigenvalue weighted by Gasteiger charge is -2.34. The molecule has 0 aliphatic carbocycles. The molecule has 3 aromatic rings. The van der Waals surface area contributed by atoms with Crippen molar-refractivity contribution in [1.82, 2.24) is 9.55 Å². The molecule has 146 valence electrons. The highest BCUT2D eigenvalue weighted by Crippen LogP contribution is 2.42. The van der Waals surface area contributed by atoms with Gasteiger partial charge in [-0.3, -0.25) is 19.5 Å². The Kier molecular flexibility index (Phi) is 3.87. The average Bonchev–Trinajstić information content (AvgIpc) is 3.10. The lowest BCUT2D eigenvalue weighted by atomic mass is 9.79. The molecule has 2 unspecified atom stereocenters. The summed E-state index contributed by atoms with van der Waals surface area (Å²) in [6.07, 6.45) is 0.104. The predicted octanol–water partition coefficient (Wildman–Crippen LogP) is 2.58. The zero-order valence-corrected chi connectivity index (χ0v) is 15.9. The third-order valence-electron chi connectivity index (χ3n) is 5.46. The number of rotatable bonds is 3. The molecule has 5 rings (SSSR count). The number of benzene rings is 2. The zero-order chi connectivity index (χ0) is 20.1. The van der Waals surface area contributed by atoms with E-state index < -0.39 is 11.8 Å². The molecule has 1 N–H and O–H groups in total. The number of para-hydroxylation sites is 2. The number of nitrogens with zero attached hydrogens (tertiary/aromatic N) is 3. The van der Waals surface area contributed by atoms with Gasteiger partial charge < -0.3 is 9.47 Å². The topological polar surface area (TPSA) is 94.8 Å². The molecule has 2 amide bonds. The van der Waals surface area contributed by atoms with Crippen LogP contribution in [0.1, 0.15) is 17.9 Å². The molecule has 0 saturated carbocycles. The molecule has 8 heteroatoms. The van der Waals surface area contributed by atoms with E-state index in [0.29, 0.717) is 23.3 Å². The second-order valence-electron chi connectivity index (χ2n) is 7.01. The van der Waals surface area contributed by atoms with E-state index in [-0.39, 0.29) is 18.2 Å². The summed E-state index contributed by atoms with van der Waals surface area (Å²) in [7, 11) is 3.13. The highest BCUT2D eigenvalue weighted by molar-refractivity contribution is 6.20. The van der Waals surface area contributed by atoms with E-state index in [1.807, 2.05) is 30.3 Å². The van der Waals surface area contributed by atoms with Gasteiger partial charge in [0.15, 0.2) is 0 Å². The summed E-state index contributed by atoms with van der Waals surface area (Å²) in [6, 6.07) is 12.9. The maximum absolute atomic E-state index is 13.1. The van der Waals surface area contributed by atoms with E-state index in [1.165, 1.54) is 0 Å². The first-order valence-electron chi connectivity index (χ1n) is 9.22. The molecule has 0 saturated heterocycles. The van der Waals surface area contributed by atoms with Crippen LogP contribution in [0.4, 0.5) is 5.95 Å². The maximum atomic E-state index is 13.1. The van der Waals surface area contributed by atoms with Gasteiger partial charge in [-0.1, -0.05) is 12.1 Å². The third-order valence-corrected chi connectivity index (χ3v) is 5.46. The van der Waals surface area contributed by atoms with Crippen molar-refractivity contribution < 1.29 is 19.1 Å². The molecule has 0 radical (unpaired) electrons. The van der Waals surface area contributed by atoms with E-state index in [1.54, 1.807) is 30.9 Å². The minimum Gasteiger partial charge on any atom is -0.497 e. The van der Waals surface area contributed by atoms with Gasteiger partial charge in [-0.15, -0.1) is 0 Å². The molecule has 2 aromatic carbocycles. The van der Waals surface area contributed by atoms with Gasteiger partial charge in [-0.25, -0.2) is 4.98 Å². The van der Waals surface area contributed by atoms with Gasteiger partial charge in [0.25, 0.3) is 0 Å². The highest BCUT2D eigenvalue weighted by Gasteiger charge is 2.45. The number of hydrogen-bond acceptors (Lipinski definition) is 5. The third kappa shape index (κ3) is 2.60. The minimum absolute atomic E-state index is 0.104. The number of aromatic nitrogens is 2. The standard InChI is InChI=1S/C21H18N4O4/c1-28-11-7-8-16(29-2)12(9-11)13-10-17(26)23-19-18(13)20(27)24-21-22-14-5-3-4-6-15(14)25(19)21/h3-9,13,18H,10H2,1-2H3,(H,22,24,27). The minimum atomic E-state index is -0.654. The fourth-order valence-electron chi connectivity index (χ4n) is 4.17. The van der Waals surface area contributed by atoms with E-state index in [4.69, 9.17) is 9.47 Å². The Hall–Kier alpha value is -3.68. The van der Waals surface area contributed by atoms with Crippen molar-refractivity contribution in [1.29, 1.82) is 0 Å². The van der Waals surface area contributed by atoms with Gasteiger partial charge in [-0.2, -0.15) is 4.99 Å². The lowest BCUT2D eigenvalue weighted by molar-refractivity contribution is -0.121. The SMILES string of the molecule is COc1ccc(OC)c(C2CC(=O)N=C3C2C(=O)Nc2nc4ccccc4n23)c1. The monoisotopic (exact) mass is 390 g/mol. The molecule has 29 heavy (non-hydrogen) atoms. The first kappa shape index (κ1) is 17.4. The van der Waals surface area contributed by atoms with Crippen molar-refractivity contribution in [3.05, 3.63) is 48.0 Å². The number of carbonyl (C=O) groups excluding carboxylic acids is 2. The van der Waals surface area contributed by atoms with Gasteiger partial charge in [0.1, 0.15) is 23.3 Å². The number of carbonyl (C=O) groups is 2. The highest BCUT2D eigenvalue weighted by atomic mass is 16.5. The summed E-state index contributed by atoms with van der Waals surface area (Å²) in [5.41, 5.74) is 2.25. The van der Waals surface area contributed by atoms with Crippen molar-refractivity contribution in [3.63, 3.8) is 0 Å². The van der Waals surface area contributed by atoms with E-state index in [9.17, 15) is 9.59 Å². The Labute approximate surface area is 166 Å². The number of amides is 2. The summed E-state index contributed by atoms with van der Waals surface area (Å²) in [6.45, 7) is 0. The van der Waals surface area contributed by atoms with Crippen LogP contribution in [0, 0.1) is 5.92 Å². The normalized spacial score (nSPS) is 20.6. The van der Waals surface area contributed by atoms with E-state index >= 15 is 0 Å². The van der Waals surface area contributed by atoms with Crippen LogP contribution in [-0.4, -0.2) is 41.4 Å². The van der Waals surface area contributed by atoms with Crippen LogP contribution in [0.15, 0.2) is 47.5 Å². The fourth-order valence-corrected chi connectivity index (χ4v) is 4.17. The molecule has 0 bridgehead atoms. The number of ether oxygens (including phenoxy) is 2. The maximum Gasteiger partial charge on any atom is 0.248 e. The molecule has 8 nitrogen and oxygen atoms in total. The Morgan fingerprint density at radius 2 is 1.93 bits per heavy atom. The Balaban J connectivity index is 1.71. The number of imidazole rings is 1. The second-order valence-corrected chi connectivity index (χ2v) is 7.01. The summed E-state index contributed by atoms with van der Waals surface area (Å²) in [5.74, 6) is 0.369. The zero-order valence-electron chi connectivity index (χ0n) is 15.9. The van der Waals surface area contributed by atoms with Crippen LogP contribution in [-0.2, 0) is 9.59 Å². The quantitative estimate of drug-likeness (QED) is 0.742. The molecule has 2 aliphatic heterocycles. The Bertz CT molecular complexity index is 1200. The smallest absolute Gasteiger partial charge is 0.248 e. The molecule has 0 fully saturated rings. The number of aliphatic imine (C=N–C) groups is 1. The van der Waals surface area contributed by atoms with Crippen molar-refractivity contribution in [2.75, 3.05) is 19.5 Å². The average molecular weight is 390 g/mol. The van der Waals surface area contributed by atoms with Gasteiger partial charge in [0.05, 0.1) is 25.3 Å². The Morgan fingerprint density at radius 3 is 2.72 bits per heavy atom. The van der Waals surface area contributed by atoms with Gasteiger partial charge in [0.2, 0.25) is 17.8 Å². The number of nitrogens with one attached hydrogen (secondary N) is 1. The van der Waals surface area contributed by atoms with Crippen LogP contribution in [0.5, 0.6) is 11.5 Å².